The smallest absolute Gasteiger partial charge is 0.247 e. The summed E-state index contributed by atoms with van der Waals surface area (Å²) in [5, 5.41) is 8.36. The van der Waals surface area contributed by atoms with Crippen LogP contribution < -0.4 is 0 Å². The van der Waals surface area contributed by atoms with Gasteiger partial charge in [-0.3, -0.25) is 4.79 Å². The predicted molar refractivity (Wildman–Crippen MR) is 99.3 cm³/mol. The second-order valence-corrected chi connectivity index (χ2v) is 7.77. The molecule has 4 rings (SSSR count). The molecule has 2 heterocycles. The average molecular weight is 353 g/mol. The Morgan fingerprint density at radius 1 is 1.04 bits per heavy atom. The van der Waals surface area contributed by atoms with Crippen molar-refractivity contribution in [2.24, 2.45) is 11.8 Å². The molecular formula is C21H27N3O2. The highest BCUT2D eigenvalue weighted by atomic mass is 16.4. The number of hydrogen-bond acceptors (Lipinski definition) is 4. The van der Waals surface area contributed by atoms with Crippen molar-refractivity contribution in [2.75, 3.05) is 13.1 Å². The van der Waals surface area contributed by atoms with Gasteiger partial charge in [-0.25, -0.2) is 0 Å². The molecule has 2 aliphatic rings. The van der Waals surface area contributed by atoms with Crippen molar-refractivity contribution in [3.05, 3.63) is 36.2 Å². The molecule has 26 heavy (non-hydrogen) atoms. The van der Waals surface area contributed by atoms with Gasteiger partial charge in [0.25, 0.3) is 0 Å². The van der Waals surface area contributed by atoms with Crippen LogP contribution >= 0.6 is 0 Å². The molecule has 0 bridgehead atoms. The van der Waals surface area contributed by atoms with E-state index in [1.807, 2.05) is 35.2 Å². The highest BCUT2D eigenvalue weighted by molar-refractivity contribution is 5.76. The first-order chi connectivity index (χ1) is 12.8. The molecule has 1 aromatic carbocycles. The number of amides is 1. The van der Waals surface area contributed by atoms with E-state index in [9.17, 15) is 4.79 Å². The Balaban J connectivity index is 1.29. The molecule has 1 saturated carbocycles. The summed E-state index contributed by atoms with van der Waals surface area (Å²) in [6.07, 6.45) is 8.91. The molecule has 1 atom stereocenters. The molecule has 2 fully saturated rings. The third-order valence-electron chi connectivity index (χ3n) is 5.78. The van der Waals surface area contributed by atoms with Gasteiger partial charge in [0.2, 0.25) is 17.7 Å². The molecule has 1 aliphatic heterocycles. The first-order valence-electron chi connectivity index (χ1n) is 9.93. The summed E-state index contributed by atoms with van der Waals surface area (Å²) >= 11 is 0. The first-order valence-corrected chi connectivity index (χ1v) is 9.93. The van der Waals surface area contributed by atoms with Crippen LogP contribution in [0.4, 0.5) is 0 Å². The molecular weight excluding hydrogens is 326 g/mol. The third kappa shape index (κ3) is 4.14. The second-order valence-electron chi connectivity index (χ2n) is 7.77. The summed E-state index contributed by atoms with van der Waals surface area (Å²) in [4.78, 5) is 14.6. The molecule has 138 valence electrons. The van der Waals surface area contributed by atoms with Crippen molar-refractivity contribution in [1.29, 1.82) is 0 Å². The Bertz CT molecular complexity index is 722. The number of aromatic nitrogens is 2. The largest absolute Gasteiger partial charge is 0.421 e. The summed E-state index contributed by atoms with van der Waals surface area (Å²) in [6.45, 7) is 1.70. The fourth-order valence-corrected chi connectivity index (χ4v) is 4.27. The van der Waals surface area contributed by atoms with E-state index in [0.717, 1.165) is 37.9 Å². The standard InChI is InChI=1S/C21H27N3O2/c25-20(14-16-7-3-1-4-8-16)24-12-11-17(15-24)13-19-22-23-21(26-19)18-9-5-2-6-10-18/h2,5-6,9-10,16-17H,1,3-4,7-8,11-15H2. The lowest BCUT2D eigenvalue weighted by atomic mass is 9.87. The van der Waals surface area contributed by atoms with E-state index in [4.69, 9.17) is 4.42 Å². The van der Waals surface area contributed by atoms with Gasteiger partial charge in [-0.1, -0.05) is 37.5 Å². The number of carbonyl (C=O) groups excluding carboxylic acids is 1. The number of nitrogens with zero attached hydrogens (tertiary/aromatic N) is 3. The van der Waals surface area contributed by atoms with Crippen molar-refractivity contribution in [3.63, 3.8) is 0 Å². The highest BCUT2D eigenvalue weighted by Crippen LogP contribution is 2.29. The van der Waals surface area contributed by atoms with Gasteiger partial charge in [0.05, 0.1) is 0 Å². The Labute approximate surface area is 154 Å². The molecule has 0 radical (unpaired) electrons. The molecule has 0 N–H and O–H groups in total. The molecule has 2 aromatic rings. The van der Waals surface area contributed by atoms with Gasteiger partial charge < -0.3 is 9.32 Å². The second kappa shape index (κ2) is 8.02. The van der Waals surface area contributed by atoms with Gasteiger partial charge in [0.1, 0.15) is 0 Å². The van der Waals surface area contributed by atoms with Crippen LogP contribution in [0.1, 0.15) is 50.8 Å². The van der Waals surface area contributed by atoms with Gasteiger partial charge in [0.15, 0.2) is 0 Å². The van der Waals surface area contributed by atoms with E-state index < -0.39 is 0 Å². The number of hydrogen-bond donors (Lipinski definition) is 0. The van der Waals surface area contributed by atoms with Gasteiger partial charge in [0, 0.05) is 31.5 Å². The van der Waals surface area contributed by atoms with Crippen molar-refractivity contribution in [3.8, 4) is 11.5 Å². The Morgan fingerprint density at radius 2 is 1.85 bits per heavy atom. The normalized spacial score (nSPS) is 21.2. The summed E-state index contributed by atoms with van der Waals surface area (Å²) in [7, 11) is 0. The molecule has 1 saturated heterocycles. The van der Waals surface area contributed by atoms with E-state index in [2.05, 4.69) is 10.2 Å². The number of likely N-dealkylation sites (tertiary alicyclic amines) is 1. The van der Waals surface area contributed by atoms with Crippen LogP contribution in [0, 0.1) is 11.8 Å². The van der Waals surface area contributed by atoms with Crippen LogP contribution in [0.3, 0.4) is 0 Å². The fourth-order valence-electron chi connectivity index (χ4n) is 4.27. The molecule has 1 amide bonds. The molecule has 1 aromatic heterocycles. The van der Waals surface area contributed by atoms with Crippen LogP contribution in [0.5, 0.6) is 0 Å². The van der Waals surface area contributed by atoms with E-state index in [-0.39, 0.29) is 0 Å². The molecule has 0 spiro atoms. The van der Waals surface area contributed by atoms with Crippen LogP contribution in [0.15, 0.2) is 34.7 Å². The number of rotatable bonds is 5. The fraction of sp³-hybridized carbons (Fsp3) is 0.571. The maximum atomic E-state index is 12.6. The van der Waals surface area contributed by atoms with Crippen molar-refractivity contribution in [2.45, 2.75) is 51.4 Å². The molecule has 1 aliphatic carbocycles. The molecule has 5 nitrogen and oxygen atoms in total. The highest BCUT2D eigenvalue weighted by Gasteiger charge is 2.29. The monoisotopic (exact) mass is 353 g/mol. The van der Waals surface area contributed by atoms with Crippen LogP contribution in [-0.4, -0.2) is 34.1 Å². The van der Waals surface area contributed by atoms with Gasteiger partial charge >= 0.3 is 0 Å². The van der Waals surface area contributed by atoms with Crippen molar-refractivity contribution in [1.82, 2.24) is 15.1 Å². The average Bonchev–Trinajstić information content (AvgIpc) is 3.33. The van der Waals surface area contributed by atoms with E-state index in [1.165, 1.54) is 32.1 Å². The van der Waals surface area contributed by atoms with E-state index >= 15 is 0 Å². The Kier molecular flexibility index (Phi) is 5.32. The topological polar surface area (TPSA) is 59.2 Å². The van der Waals surface area contributed by atoms with Gasteiger partial charge in [-0.15, -0.1) is 10.2 Å². The zero-order valence-electron chi connectivity index (χ0n) is 15.3. The van der Waals surface area contributed by atoms with Crippen LogP contribution in [0.25, 0.3) is 11.5 Å². The van der Waals surface area contributed by atoms with Crippen LogP contribution in [-0.2, 0) is 11.2 Å². The van der Waals surface area contributed by atoms with Gasteiger partial charge in [-0.2, -0.15) is 0 Å². The minimum absolute atomic E-state index is 0.343. The van der Waals surface area contributed by atoms with Gasteiger partial charge in [-0.05, 0) is 43.2 Å². The lowest BCUT2D eigenvalue weighted by Crippen LogP contribution is -2.30. The molecule has 1 unspecified atom stereocenters. The quantitative estimate of drug-likeness (QED) is 0.812. The number of benzene rings is 1. The predicted octanol–water partition coefficient (Wildman–Crippen LogP) is 4.10. The zero-order chi connectivity index (χ0) is 17.8. The van der Waals surface area contributed by atoms with E-state index in [1.54, 1.807) is 0 Å². The maximum absolute atomic E-state index is 12.6. The van der Waals surface area contributed by atoms with Crippen LogP contribution in [0.2, 0.25) is 0 Å². The minimum atomic E-state index is 0.343. The minimum Gasteiger partial charge on any atom is -0.421 e. The van der Waals surface area contributed by atoms with Crippen molar-refractivity contribution >= 4 is 5.91 Å². The third-order valence-corrected chi connectivity index (χ3v) is 5.78. The van der Waals surface area contributed by atoms with E-state index in [0.29, 0.717) is 29.5 Å². The van der Waals surface area contributed by atoms with Crippen molar-refractivity contribution < 1.29 is 9.21 Å². The summed E-state index contributed by atoms with van der Waals surface area (Å²) in [5.41, 5.74) is 0.946. The SMILES string of the molecule is O=C(CC1CCCCC1)N1CCC(Cc2nnc(-c3ccccc3)o2)C1. The Morgan fingerprint density at radius 3 is 2.65 bits per heavy atom. The summed E-state index contributed by atoms with van der Waals surface area (Å²) in [5.74, 6) is 2.63. The first kappa shape index (κ1) is 17.3. The summed E-state index contributed by atoms with van der Waals surface area (Å²) in [6, 6.07) is 9.84. The zero-order valence-corrected chi connectivity index (χ0v) is 15.3. The number of carbonyl (C=O) groups is 1. The summed E-state index contributed by atoms with van der Waals surface area (Å²) < 4.78 is 5.82. The molecule has 5 heteroatoms. The maximum Gasteiger partial charge on any atom is 0.247 e. The lowest BCUT2D eigenvalue weighted by molar-refractivity contribution is -0.131. The Hall–Kier alpha value is -2.17. The lowest BCUT2D eigenvalue weighted by Gasteiger charge is -2.24.